The number of amides is 1. The van der Waals surface area contributed by atoms with Crippen molar-refractivity contribution in [2.75, 3.05) is 13.1 Å². The molecule has 3 aromatic rings. The molecule has 3 aromatic heterocycles. The average Bonchev–Trinajstić information content (AvgIpc) is 2.99. The second kappa shape index (κ2) is 6.03. The van der Waals surface area contributed by atoms with Gasteiger partial charge in [0.2, 0.25) is 0 Å². The van der Waals surface area contributed by atoms with Crippen LogP contribution in [0.1, 0.15) is 34.8 Å². The molecule has 1 saturated heterocycles. The van der Waals surface area contributed by atoms with Crippen LogP contribution < -0.4 is 0 Å². The van der Waals surface area contributed by atoms with E-state index >= 15 is 0 Å². The molecular formula is C18H19N5O. The Labute approximate surface area is 140 Å². The van der Waals surface area contributed by atoms with Crippen molar-refractivity contribution in [1.82, 2.24) is 24.6 Å². The Kier molecular flexibility index (Phi) is 3.72. The molecule has 0 aromatic carbocycles. The second-order valence-electron chi connectivity index (χ2n) is 6.22. The van der Waals surface area contributed by atoms with Crippen LogP contribution in [0.2, 0.25) is 0 Å². The van der Waals surface area contributed by atoms with E-state index in [1.165, 1.54) is 0 Å². The van der Waals surface area contributed by atoms with Gasteiger partial charge < -0.3 is 4.90 Å². The summed E-state index contributed by atoms with van der Waals surface area (Å²) in [4.78, 5) is 23.1. The molecule has 1 aliphatic heterocycles. The normalized spacial score (nSPS) is 18.0. The second-order valence-corrected chi connectivity index (χ2v) is 6.22. The Morgan fingerprint density at radius 1 is 1.25 bits per heavy atom. The van der Waals surface area contributed by atoms with Crippen LogP contribution in [0, 0.1) is 0 Å². The SMILES string of the molecule is Cn1nc([C@@H]2CCCN(C(=O)c3cccnc3)C2)c2cccnc21. The van der Waals surface area contributed by atoms with Gasteiger partial charge in [0.25, 0.3) is 5.91 Å². The van der Waals surface area contributed by atoms with Crippen molar-refractivity contribution >= 4 is 16.9 Å². The minimum Gasteiger partial charge on any atom is -0.338 e. The average molecular weight is 321 g/mol. The maximum Gasteiger partial charge on any atom is 0.255 e. The molecule has 0 unspecified atom stereocenters. The summed E-state index contributed by atoms with van der Waals surface area (Å²) in [7, 11) is 1.92. The van der Waals surface area contributed by atoms with Crippen molar-refractivity contribution < 1.29 is 4.79 Å². The van der Waals surface area contributed by atoms with Gasteiger partial charge in [-0.15, -0.1) is 0 Å². The highest BCUT2D eigenvalue weighted by Gasteiger charge is 2.28. The van der Waals surface area contributed by atoms with Crippen LogP contribution in [0.5, 0.6) is 0 Å². The third-order valence-corrected chi connectivity index (χ3v) is 4.63. The molecule has 4 heterocycles. The smallest absolute Gasteiger partial charge is 0.255 e. The molecule has 0 bridgehead atoms. The van der Waals surface area contributed by atoms with Crippen molar-refractivity contribution in [3.63, 3.8) is 0 Å². The van der Waals surface area contributed by atoms with Gasteiger partial charge in [-0.05, 0) is 37.1 Å². The highest BCUT2D eigenvalue weighted by Crippen LogP contribution is 2.31. The fourth-order valence-corrected chi connectivity index (χ4v) is 3.48. The molecule has 0 aliphatic carbocycles. The van der Waals surface area contributed by atoms with Gasteiger partial charge in [-0.25, -0.2) is 4.98 Å². The van der Waals surface area contributed by atoms with Crippen LogP contribution in [0.15, 0.2) is 42.9 Å². The van der Waals surface area contributed by atoms with Crippen LogP contribution in [0.3, 0.4) is 0 Å². The molecule has 4 rings (SSSR count). The lowest BCUT2D eigenvalue weighted by Crippen LogP contribution is -2.39. The summed E-state index contributed by atoms with van der Waals surface area (Å²) in [6, 6.07) is 7.62. The third-order valence-electron chi connectivity index (χ3n) is 4.63. The first kappa shape index (κ1) is 14.8. The molecule has 6 heteroatoms. The van der Waals surface area contributed by atoms with Gasteiger partial charge in [-0.2, -0.15) is 5.10 Å². The predicted molar refractivity (Wildman–Crippen MR) is 90.6 cm³/mol. The summed E-state index contributed by atoms with van der Waals surface area (Å²) in [6.45, 7) is 1.47. The first-order valence-electron chi connectivity index (χ1n) is 8.21. The molecule has 1 atom stereocenters. The van der Waals surface area contributed by atoms with E-state index in [0.29, 0.717) is 12.1 Å². The molecule has 24 heavy (non-hydrogen) atoms. The zero-order valence-electron chi connectivity index (χ0n) is 13.6. The molecule has 0 radical (unpaired) electrons. The summed E-state index contributed by atoms with van der Waals surface area (Å²) in [5.41, 5.74) is 2.58. The molecule has 0 saturated carbocycles. The topological polar surface area (TPSA) is 63.9 Å². The number of pyridine rings is 2. The Hall–Kier alpha value is -2.76. The number of aryl methyl sites for hydroxylation is 1. The predicted octanol–water partition coefficient (Wildman–Crippen LogP) is 2.38. The number of hydrogen-bond donors (Lipinski definition) is 0. The van der Waals surface area contributed by atoms with E-state index in [0.717, 1.165) is 36.1 Å². The van der Waals surface area contributed by atoms with Crippen molar-refractivity contribution in [2.24, 2.45) is 7.05 Å². The number of likely N-dealkylation sites (tertiary alicyclic amines) is 1. The van der Waals surface area contributed by atoms with Crippen LogP contribution in [0.25, 0.3) is 11.0 Å². The van der Waals surface area contributed by atoms with Gasteiger partial charge in [0.15, 0.2) is 5.65 Å². The Balaban J connectivity index is 1.62. The van der Waals surface area contributed by atoms with E-state index in [1.807, 2.05) is 28.8 Å². The number of fused-ring (bicyclic) bond motifs is 1. The lowest BCUT2D eigenvalue weighted by Gasteiger charge is -2.32. The zero-order valence-corrected chi connectivity index (χ0v) is 13.6. The number of nitrogens with zero attached hydrogens (tertiary/aromatic N) is 5. The van der Waals surface area contributed by atoms with Gasteiger partial charge in [-0.1, -0.05) is 0 Å². The van der Waals surface area contributed by atoms with E-state index in [-0.39, 0.29) is 11.8 Å². The maximum atomic E-state index is 12.7. The summed E-state index contributed by atoms with van der Waals surface area (Å²) in [5.74, 6) is 0.290. The highest BCUT2D eigenvalue weighted by molar-refractivity contribution is 5.94. The fourth-order valence-electron chi connectivity index (χ4n) is 3.48. The van der Waals surface area contributed by atoms with Crippen LogP contribution in [0.4, 0.5) is 0 Å². The van der Waals surface area contributed by atoms with Gasteiger partial charge in [-0.3, -0.25) is 14.5 Å². The molecule has 0 spiro atoms. The Morgan fingerprint density at radius 3 is 2.96 bits per heavy atom. The molecule has 6 nitrogen and oxygen atoms in total. The summed E-state index contributed by atoms with van der Waals surface area (Å²) in [5, 5.41) is 5.77. The molecular weight excluding hydrogens is 302 g/mol. The number of carbonyl (C=O) groups is 1. The van der Waals surface area contributed by atoms with Gasteiger partial charge in [0, 0.05) is 50.0 Å². The third kappa shape index (κ3) is 2.54. The van der Waals surface area contributed by atoms with E-state index in [1.54, 1.807) is 24.7 Å². The van der Waals surface area contributed by atoms with Crippen molar-refractivity contribution in [2.45, 2.75) is 18.8 Å². The van der Waals surface area contributed by atoms with E-state index in [4.69, 9.17) is 0 Å². The number of piperidine rings is 1. The first-order chi connectivity index (χ1) is 11.7. The van der Waals surface area contributed by atoms with E-state index in [2.05, 4.69) is 21.1 Å². The van der Waals surface area contributed by atoms with Crippen molar-refractivity contribution in [3.8, 4) is 0 Å². The molecule has 0 N–H and O–H groups in total. The maximum absolute atomic E-state index is 12.7. The van der Waals surface area contributed by atoms with Crippen LogP contribution >= 0.6 is 0 Å². The summed E-state index contributed by atoms with van der Waals surface area (Å²) in [6.07, 6.45) is 7.12. The van der Waals surface area contributed by atoms with Crippen molar-refractivity contribution in [3.05, 3.63) is 54.1 Å². The largest absolute Gasteiger partial charge is 0.338 e. The minimum atomic E-state index is 0.0474. The fraction of sp³-hybridized carbons (Fsp3) is 0.333. The molecule has 1 aliphatic rings. The molecule has 1 amide bonds. The summed E-state index contributed by atoms with van der Waals surface area (Å²) < 4.78 is 1.83. The Morgan fingerprint density at radius 2 is 2.12 bits per heavy atom. The highest BCUT2D eigenvalue weighted by atomic mass is 16.2. The zero-order chi connectivity index (χ0) is 16.5. The monoisotopic (exact) mass is 321 g/mol. The van der Waals surface area contributed by atoms with Gasteiger partial charge >= 0.3 is 0 Å². The lowest BCUT2D eigenvalue weighted by atomic mass is 9.93. The van der Waals surface area contributed by atoms with Crippen molar-refractivity contribution in [1.29, 1.82) is 0 Å². The van der Waals surface area contributed by atoms with Gasteiger partial charge in [0.05, 0.1) is 11.3 Å². The quantitative estimate of drug-likeness (QED) is 0.727. The van der Waals surface area contributed by atoms with E-state index in [9.17, 15) is 4.79 Å². The number of hydrogen-bond acceptors (Lipinski definition) is 4. The lowest BCUT2D eigenvalue weighted by molar-refractivity contribution is 0.0705. The first-order valence-corrected chi connectivity index (χ1v) is 8.21. The standard InChI is InChI=1S/C18H19N5O/c1-22-17-15(7-3-9-20-17)16(21-22)14-6-4-10-23(12-14)18(24)13-5-2-8-19-11-13/h2-3,5,7-9,11,14H,4,6,10,12H2,1H3/t14-/m1/s1. The minimum absolute atomic E-state index is 0.0474. The molecule has 122 valence electrons. The number of rotatable bonds is 2. The van der Waals surface area contributed by atoms with E-state index < -0.39 is 0 Å². The number of carbonyl (C=O) groups excluding carboxylic acids is 1. The van der Waals surface area contributed by atoms with Crippen LogP contribution in [-0.4, -0.2) is 43.6 Å². The summed E-state index contributed by atoms with van der Waals surface area (Å²) >= 11 is 0. The molecule has 1 fully saturated rings. The Bertz CT molecular complexity index is 874. The number of aromatic nitrogens is 4. The van der Waals surface area contributed by atoms with Crippen LogP contribution in [-0.2, 0) is 7.05 Å². The van der Waals surface area contributed by atoms with Gasteiger partial charge in [0.1, 0.15) is 0 Å².